The minimum Gasteiger partial charge on any atom is -0.492 e. The molecule has 4 aliphatic rings. The predicted octanol–water partition coefficient (Wildman–Crippen LogP) is 4.85. The molecule has 2 N–H and O–H groups in total. The number of hydrazine groups is 1. The molecule has 0 bridgehead atoms. The summed E-state index contributed by atoms with van der Waals surface area (Å²) in [5.41, 5.74) is 14.9. The maximum atomic E-state index is 13.9. The normalized spacial score (nSPS) is 26.0. The lowest BCUT2D eigenvalue weighted by Crippen LogP contribution is -2.66. The van der Waals surface area contributed by atoms with Crippen LogP contribution in [0.4, 0.5) is 4.39 Å². The molecule has 4 aliphatic heterocycles. The maximum absolute atomic E-state index is 13.9. The van der Waals surface area contributed by atoms with Crippen LogP contribution in [0.15, 0.2) is 78.8 Å². The van der Waals surface area contributed by atoms with E-state index in [-0.39, 0.29) is 23.4 Å². The Morgan fingerprint density at radius 2 is 1.95 bits per heavy atom. The van der Waals surface area contributed by atoms with Crippen LogP contribution in [0.3, 0.4) is 0 Å². The number of aromatic nitrogens is 2. The Bertz CT molecular complexity index is 1660. The highest BCUT2D eigenvalue weighted by atomic mass is 19.1. The van der Waals surface area contributed by atoms with Gasteiger partial charge in [0.1, 0.15) is 17.3 Å². The van der Waals surface area contributed by atoms with Gasteiger partial charge in [-0.3, -0.25) is 10.3 Å². The number of ether oxygens (including phenoxy) is 2. The van der Waals surface area contributed by atoms with Gasteiger partial charge in [-0.05, 0) is 54.3 Å². The fraction of sp³-hybridized carbons (Fsp3) is 0.303. The van der Waals surface area contributed by atoms with Crippen molar-refractivity contribution in [2.45, 2.75) is 37.4 Å². The number of fused-ring (bicyclic) bond motifs is 4. The van der Waals surface area contributed by atoms with Crippen molar-refractivity contribution in [3.8, 4) is 17.2 Å². The molecule has 0 radical (unpaired) electrons. The van der Waals surface area contributed by atoms with E-state index in [0.717, 1.165) is 54.4 Å². The van der Waals surface area contributed by atoms with Gasteiger partial charge in [-0.15, -0.1) is 0 Å². The summed E-state index contributed by atoms with van der Waals surface area (Å²) in [5, 5.41) is 0. The van der Waals surface area contributed by atoms with Crippen LogP contribution in [0.5, 0.6) is 11.5 Å². The second-order valence-electron chi connectivity index (χ2n) is 11.6. The summed E-state index contributed by atoms with van der Waals surface area (Å²) in [6.07, 6.45) is 7.95. The van der Waals surface area contributed by atoms with E-state index in [1.807, 2.05) is 42.2 Å². The number of hydrogen-bond acceptors (Lipinski definition) is 6. The van der Waals surface area contributed by atoms with E-state index in [4.69, 9.17) is 9.47 Å². The van der Waals surface area contributed by atoms with Gasteiger partial charge in [0.05, 0.1) is 43.1 Å². The number of imidazole rings is 1. The monoisotopic (exact) mass is 549 g/mol. The van der Waals surface area contributed by atoms with Crippen molar-refractivity contribution in [2.75, 3.05) is 26.3 Å². The maximum Gasteiger partial charge on any atom is 0.147 e. The first-order valence-corrected chi connectivity index (χ1v) is 14.3. The van der Waals surface area contributed by atoms with Crippen LogP contribution < -0.4 is 20.3 Å². The predicted molar refractivity (Wildman–Crippen MR) is 154 cm³/mol. The average molecular weight is 550 g/mol. The van der Waals surface area contributed by atoms with E-state index in [1.165, 1.54) is 22.3 Å². The highest BCUT2D eigenvalue weighted by molar-refractivity contribution is 5.68. The molecule has 5 heterocycles. The Kier molecular flexibility index (Phi) is 5.77. The molecule has 0 aliphatic carbocycles. The number of nitrogens with one attached hydrogen (secondary N) is 2. The Morgan fingerprint density at radius 3 is 2.80 bits per heavy atom. The molecule has 208 valence electrons. The van der Waals surface area contributed by atoms with Crippen molar-refractivity contribution < 1.29 is 13.9 Å². The summed E-state index contributed by atoms with van der Waals surface area (Å²) < 4.78 is 28.4. The molecule has 4 aromatic rings. The van der Waals surface area contributed by atoms with Gasteiger partial charge in [-0.25, -0.2) is 14.8 Å². The SMILES string of the molecule is Cc1cn(-c2ccc(/C=C3\CC4(COc5ccccc54)CN4C3NNCC4c3ccc(F)cc3)c3c2OCC3)cn1. The molecule has 1 spiro atoms. The van der Waals surface area contributed by atoms with E-state index >= 15 is 0 Å². The molecule has 8 heteroatoms. The van der Waals surface area contributed by atoms with Crippen LogP contribution in [0.25, 0.3) is 11.8 Å². The molecule has 3 aromatic carbocycles. The lowest BCUT2D eigenvalue weighted by Gasteiger charge is -2.52. The number of halogens is 1. The summed E-state index contributed by atoms with van der Waals surface area (Å²) in [6, 6.07) is 19.8. The molecule has 1 aromatic heterocycles. The highest BCUT2D eigenvalue weighted by Gasteiger charge is 2.50. The summed E-state index contributed by atoms with van der Waals surface area (Å²) >= 11 is 0. The lowest BCUT2D eigenvalue weighted by atomic mass is 9.72. The van der Waals surface area contributed by atoms with Gasteiger partial charge in [0.2, 0.25) is 0 Å². The third-order valence-corrected chi connectivity index (χ3v) is 9.07. The third-order valence-electron chi connectivity index (χ3n) is 9.07. The Morgan fingerprint density at radius 1 is 1.07 bits per heavy atom. The second-order valence-corrected chi connectivity index (χ2v) is 11.6. The number of piperidine rings is 1. The summed E-state index contributed by atoms with van der Waals surface area (Å²) in [5.74, 6) is 1.69. The summed E-state index contributed by atoms with van der Waals surface area (Å²) in [4.78, 5) is 6.95. The number of hydrogen-bond donors (Lipinski definition) is 2. The van der Waals surface area contributed by atoms with Gasteiger partial charge in [0.25, 0.3) is 0 Å². The van der Waals surface area contributed by atoms with Gasteiger partial charge < -0.3 is 14.0 Å². The number of nitrogens with zero attached hydrogens (tertiary/aromatic N) is 3. The zero-order chi connectivity index (χ0) is 27.6. The van der Waals surface area contributed by atoms with Crippen molar-refractivity contribution in [3.63, 3.8) is 0 Å². The Balaban J connectivity index is 1.24. The quantitative estimate of drug-likeness (QED) is 0.381. The van der Waals surface area contributed by atoms with Crippen molar-refractivity contribution in [1.82, 2.24) is 25.3 Å². The topological polar surface area (TPSA) is 63.6 Å². The molecule has 3 unspecified atom stereocenters. The van der Waals surface area contributed by atoms with Crippen molar-refractivity contribution in [1.29, 1.82) is 0 Å². The van der Waals surface area contributed by atoms with E-state index in [2.05, 4.69) is 57.1 Å². The van der Waals surface area contributed by atoms with Crippen LogP contribution in [0, 0.1) is 12.7 Å². The van der Waals surface area contributed by atoms with Crippen LogP contribution >= 0.6 is 0 Å². The van der Waals surface area contributed by atoms with Crippen LogP contribution in [-0.4, -0.2) is 46.9 Å². The van der Waals surface area contributed by atoms with Gasteiger partial charge in [0, 0.05) is 42.2 Å². The first-order valence-electron chi connectivity index (χ1n) is 14.3. The van der Waals surface area contributed by atoms with Crippen molar-refractivity contribution in [3.05, 3.63) is 113 Å². The zero-order valence-corrected chi connectivity index (χ0v) is 22.9. The molecule has 41 heavy (non-hydrogen) atoms. The number of para-hydroxylation sites is 1. The van der Waals surface area contributed by atoms with Gasteiger partial charge in [0.15, 0.2) is 0 Å². The minimum atomic E-state index is -0.216. The largest absolute Gasteiger partial charge is 0.492 e. The van der Waals surface area contributed by atoms with E-state index in [1.54, 1.807) is 12.1 Å². The van der Waals surface area contributed by atoms with Crippen LogP contribution in [0.2, 0.25) is 0 Å². The summed E-state index contributed by atoms with van der Waals surface area (Å²) in [7, 11) is 0. The lowest BCUT2D eigenvalue weighted by molar-refractivity contribution is 0.0184. The molecular weight excluding hydrogens is 517 g/mol. The van der Waals surface area contributed by atoms with Crippen LogP contribution in [-0.2, 0) is 11.8 Å². The number of aryl methyl sites for hydroxylation is 1. The fourth-order valence-electron chi connectivity index (χ4n) is 7.15. The third kappa shape index (κ3) is 4.09. The summed E-state index contributed by atoms with van der Waals surface area (Å²) in [6.45, 7) is 4.86. The Labute approximate surface area is 238 Å². The smallest absolute Gasteiger partial charge is 0.147 e. The van der Waals surface area contributed by atoms with Crippen molar-refractivity contribution in [2.24, 2.45) is 0 Å². The molecule has 2 saturated heterocycles. The van der Waals surface area contributed by atoms with Gasteiger partial charge in [-0.2, -0.15) is 0 Å². The van der Waals surface area contributed by atoms with E-state index < -0.39 is 0 Å². The Hall–Kier alpha value is -3.98. The fourth-order valence-corrected chi connectivity index (χ4v) is 7.15. The number of benzene rings is 3. The van der Waals surface area contributed by atoms with Gasteiger partial charge >= 0.3 is 0 Å². The first kappa shape index (κ1) is 24.8. The van der Waals surface area contributed by atoms with Gasteiger partial charge in [-0.1, -0.05) is 42.5 Å². The molecular formula is C33H32FN5O2. The van der Waals surface area contributed by atoms with E-state index in [0.29, 0.717) is 13.2 Å². The highest BCUT2D eigenvalue weighted by Crippen LogP contribution is 2.49. The first-order chi connectivity index (χ1) is 20.1. The molecule has 3 atom stereocenters. The molecule has 0 amide bonds. The van der Waals surface area contributed by atoms with Crippen molar-refractivity contribution >= 4 is 6.08 Å². The molecule has 0 saturated carbocycles. The zero-order valence-electron chi connectivity index (χ0n) is 22.9. The molecule has 2 fully saturated rings. The second kappa shape index (κ2) is 9.55. The van der Waals surface area contributed by atoms with E-state index in [9.17, 15) is 4.39 Å². The van der Waals surface area contributed by atoms with Crippen LogP contribution in [0.1, 0.15) is 40.4 Å². The number of rotatable bonds is 3. The molecule has 7 nitrogen and oxygen atoms in total. The standard InChI is InChI=1S/C33H32FN5O2/c1-21-17-38(20-35-21)28-11-8-23(26-12-13-40-31(26)28)14-24-15-33(19-41-30-5-3-2-4-27(30)33)18-39-29(16-36-37-32(24)39)22-6-9-25(34)10-7-22/h2-11,14,17,20,29,32,36-37H,12-13,15-16,18-19H2,1H3/b24-14+. The minimum absolute atomic E-state index is 0.0221. The molecule has 8 rings (SSSR count). The average Bonchev–Trinajstić information content (AvgIpc) is 3.74.